The molecule has 0 atom stereocenters. The summed E-state index contributed by atoms with van der Waals surface area (Å²) in [5.41, 5.74) is 0. The normalized spacial score (nSPS) is 18.7. The second kappa shape index (κ2) is 3.83. The molecule has 0 amide bonds. The summed E-state index contributed by atoms with van der Waals surface area (Å²) in [6, 6.07) is 0.264. The van der Waals surface area contributed by atoms with Gasteiger partial charge in [0.1, 0.15) is 5.82 Å². The molecule has 0 aromatic carbocycles. The van der Waals surface area contributed by atoms with E-state index in [9.17, 15) is 8.42 Å². The van der Waals surface area contributed by atoms with Gasteiger partial charge >= 0.3 is 0 Å². The standard InChI is InChI=1S/C9H16N4O2S/c1-7-11-9(6-12(7)3)16(14,15)13-4-8(5-13)10-2/h6,8,10H,4-5H2,1-3H3. The Labute approximate surface area is 95.3 Å². The van der Waals surface area contributed by atoms with E-state index in [2.05, 4.69) is 10.3 Å². The highest BCUT2D eigenvalue weighted by Gasteiger charge is 2.37. The van der Waals surface area contributed by atoms with Crippen LogP contribution < -0.4 is 5.32 Å². The molecule has 16 heavy (non-hydrogen) atoms. The molecule has 0 radical (unpaired) electrons. The summed E-state index contributed by atoms with van der Waals surface area (Å²) in [7, 11) is 0.233. The number of hydrogen-bond donors (Lipinski definition) is 1. The van der Waals surface area contributed by atoms with Crippen LogP contribution in [0.1, 0.15) is 5.82 Å². The molecule has 7 heteroatoms. The molecule has 6 nitrogen and oxygen atoms in total. The Morgan fingerprint density at radius 1 is 1.50 bits per heavy atom. The Morgan fingerprint density at radius 3 is 2.56 bits per heavy atom. The average molecular weight is 244 g/mol. The maximum absolute atomic E-state index is 12.1. The first-order valence-electron chi connectivity index (χ1n) is 5.12. The first kappa shape index (κ1) is 11.6. The molecule has 0 aliphatic carbocycles. The second-order valence-electron chi connectivity index (χ2n) is 4.04. The van der Waals surface area contributed by atoms with Crippen molar-refractivity contribution in [1.29, 1.82) is 0 Å². The summed E-state index contributed by atoms with van der Waals surface area (Å²) >= 11 is 0. The van der Waals surface area contributed by atoms with Crippen LogP contribution in [0.3, 0.4) is 0 Å². The molecule has 2 heterocycles. The van der Waals surface area contributed by atoms with Gasteiger partial charge in [-0.3, -0.25) is 0 Å². The molecule has 0 unspecified atom stereocenters. The minimum absolute atomic E-state index is 0.141. The molecule has 1 aliphatic heterocycles. The molecule has 1 N–H and O–H groups in total. The molecule has 90 valence electrons. The van der Waals surface area contributed by atoms with Crippen molar-refractivity contribution in [3.63, 3.8) is 0 Å². The first-order chi connectivity index (χ1) is 7.45. The lowest BCUT2D eigenvalue weighted by atomic mass is 10.2. The molecule has 0 saturated carbocycles. The second-order valence-corrected chi connectivity index (χ2v) is 5.93. The van der Waals surface area contributed by atoms with E-state index in [1.54, 1.807) is 24.7 Å². The Hall–Kier alpha value is -0.920. The zero-order chi connectivity index (χ0) is 11.9. The minimum Gasteiger partial charge on any atom is -0.337 e. The molecular weight excluding hydrogens is 228 g/mol. The third-order valence-corrected chi connectivity index (χ3v) is 4.65. The van der Waals surface area contributed by atoms with E-state index >= 15 is 0 Å². The lowest BCUT2D eigenvalue weighted by molar-refractivity contribution is 0.236. The van der Waals surface area contributed by atoms with Gasteiger partial charge in [-0.2, -0.15) is 4.31 Å². The van der Waals surface area contributed by atoms with Gasteiger partial charge in [0.15, 0.2) is 5.03 Å². The number of likely N-dealkylation sites (N-methyl/N-ethyl adjacent to an activating group) is 1. The highest BCUT2D eigenvalue weighted by molar-refractivity contribution is 7.89. The number of nitrogens with zero attached hydrogens (tertiary/aromatic N) is 3. The molecule has 1 fully saturated rings. The third-order valence-electron chi connectivity index (χ3n) is 2.95. The van der Waals surface area contributed by atoms with E-state index < -0.39 is 10.0 Å². The van der Waals surface area contributed by atoms with Gasteiger partial charge in [-0.25, -0.2) is 13.4 Å². The quantitative estimate of drug-likeness (QED) is 0.765. The molecule has 1 aromatic heterocycles. The van der Waals surface area contributed by atoms with Crippen molar-refractivity contribution in [3.05, 3.63) is 12.0 Å². The summed E-state index contributed by atoms with van der Waals surface area (Å²) < 4.78 is 27.3. The first-order valence-corrected chi connectivity index (χ1v) is 6.56. The van der Waals surface area contributed by atoms with Gasteiger partial charge in [0.2, 0.25) is 0 Å². The van der Waals surface area contributed by atoms with E-state index in [-0.39, 0.29) is 11.1 Å². The van der Waals surface area contributed by atoms with Gasteiger partial charge in [-0.05, 0) is 14.0 Å². The van der Waals surface area contributed by atoms with Gasteiger partial charge in [0.05, 0.1) is 0 Å². The molecular formula is C9H16N4O2S. The molecule has 1 aromatic rings. The number of hydrogen-bond acceptors (Lipinski definition) is 4. The number of aromatic nitrogens is 2. The van der Waals surface area contributed by atoms with Gasteiger partial charge < -0.3 is 9.88 Å². The van der Waals surface area contributed by atoms with Crippen molar-refractivity contribution in [2.45, 2.75) is 18.0 Å². The van der Waals surface area contributed by atoms with Crippen LogP contribution in [0.4, 0.5) is 0 Å². The summed E-state index contributed by atoms with van der Waals surface area (Å²) in [5, 5.41) is 3.18. The fourth-order valence-corrected chi connectivity index (χ4v) is 3.16. The van der Waals surface area contributed by atoms with Crippen LogP contribution in [0.15, 0.2) is 11.2 Å². The average Bonchev–Trinajstić information content (AvgIpc) is 2.45. The summed E-state index contributed by atoms with van der Waals surface area (Å²) in [6.45, 7) is 2.83. The summed E-state index contributed by atoms with van der Waals surface area (Å²) in [4.78, 5) is 4.05. The Morgan fingerprint density at radius 2 is 2.12 bits per heavy atom. The largest absolute Gasteiger partial charge is 0.337 e. The van der Waals surface area contributed by atoms with Gasteiger partial charge in [0, 0.05) is 32.4 Å². The van der Waals surface area contributed by atoms with Crippen LogP contribution >= 0.6 is 0 Å². The number of aryl methyl sites for hydroxylation is 2. The zero-order valence-corrected chi connectivity index (χ0v) is 10.5. The zero-order valence-electron chi connectivity index (χ0n) is 9.64. The molecule has 0 bridgehead atoms. The molecule has 1 aliphatic rings. The minimum atomic E-state index is -3.39. The molecule has 2 rings (SSSR count). The van der Waals surface area contributed by atoms with E-state index in [0.29, 0.717) is 18.9 Å². The van der Waals surface area contributed by atoms with E-state index in [4.69, 9.17) is 0 Å². The predicted molar refractivity (Wildman–Crippen MR) is 59.6 cm³/mol. The lowest BCUT2D eigenvalue weighted by Crippen LogP contribution is -2.58. The smallest absolute Gasteiger partial charge is 0.262 e. The highest BCUT2D eigenvalue weighted by atomic mass is 32.2. The Bertz CT molecular complexity index is 468. The van der Waals surface area contributed by atoms with Crippen molar-refractivity contribution >= 4 is 10.0 Å². The third kappa shape index (κ3) is 1.74. The maximum Gasteiger partial charge on any atom is 0.262 e. The van der Waals surface area contributed by atoms with Crippen molar-refractivity contribution < 1.29 is 8.42 Å². The number of imidazole rings is 1. The van der Waals surface area contributed by atoms with Crippen molar-refractivity contribution in [1.82, 2.24) is 19.2 Å². The van der Waals surface area contributed by atoms with Crippen LogP contribution in [0.25, 0.3) is 0 Å². The van der Waals surface area contributed by atoms with Crippen LogP contribution in [0.2, 0.25) is 0 Å². The topological polar surface area (TPSA) is 67.2 Å². The van der Waals surface area contributed by atoms with E-state index in [1.807, 2.05) is 7.05 Å². The molecule has 1 saturated heterocycles. The highest BCUT2D eigenvalue weighted by Crippen LogP contribution is 2.20. The maximum atomic E-state index is 12.1. The fourth-order valence-electron chi connectivity index (χ4n) is 1.60. The molecule has 0 spiro atoms. The van der Waals surface area contributed by atoms with Gasteiger partial charge in [-0.15, -0.1) is 0 Å². The van der Waals surface area contributed by atoms with Crippen LogP contribution in [0, 0.1) is 6.92 Å². The SMILES string of the molecule is CNC1CN(S(=O)(=O)c2cn(C)c(C)n2)C1. The van der Waals surface area contributed by atoms with Crippen molar-refractivity contribution in [2.24, 2.45) is 7.05 Å². The summed E-state index contributed by atoms with van der Waals surface area (Å²) in [6.07, 6.45) is 1.55. The Kier molecular flexibility index (Phi) is 2.77. The monoisotopic (exact) mass is 244 g/mol. The number of nitrogens with one attached hydrogen (secondary N) is 1. The summed E-state index contributed by atoms with van der Waals surface area (Å²) in [5.74, 6) is 0.698. The van der Waals surface area contributed by atoms with Gasteiger partial charge in [0.25, 0.3) is 10.0 Å². The fraction of sp³-hybridized carbons (Fsp3) is 0.667. The van der Waals surface area contributed by atoms with Crippen LogP contribution in [-0.2, 0) is 17.1 Å². The number of sulfonamides is 1. The Balaban J connectivity index is 2.20. The lowest BCUT2D eigenvalue weighted by Gasteiger charge is -2.37. The van der Waals surface area contributed by atoms with Gasteiger partial charge in [-0.1, -0.05) is 0 Å². The van der Waals surface area contributed by atoms with Crippen LogP contribution in [-0.4, -0.2) is 48.5 Å². The van der Waals surface area contributed by atoms with Crippen molar-refractivity contribution in [3.8, 4) is 0 Å². The number of rotatable bonds is 3. The van der Waals surface area contributed by atoms with Crippen LogP contribution in [0.5, 0.6) is 0 Å². The predicted octanol–water partition coefficient (Wildman–Crippen LogP) is -0.679. The van der Waals surface area contributed by atoms with Crippen molar-refractivity contribution in [2.75, 3.05) is 20.1 Å². The van der Waals surface area contributed by atoms with E-state index in [0.717, 1.165) is 0 Å². The van der Waals surface area contributed by atoms with E-state index in [1.165, 1.54) is 4.31 Å².